The number of carbonyl (C=O) groups excluding carboxylic acids is 1. The first-order chi connectivity index (χ1) is 8.18. The summed E-state index contributed by atoms with van der Waals surface area (Å²) in [7, 11) is 0. The predicted molar refractivity (Wildman–Crippen MR) is 68.8 cm³/mol. The number of Topliss-reactive ketones (excluding diaryl/α,β-unsaturated/α-hetero) is 1. The van der Waals surface area contributed by atoms with E-state index in [0.29, 0.717) is 0 Å². The van der Waals surface area contributed by atoms with Crippen molar-refractivity contribution < 1.29 is 4.79 Å². The Balaban J connectivity index is 2.28. The van der Waals surface area contributed by atoms with Gasteiger partial charge < -0.3 is 0 Å². The number of rotatable bonds is 3. The summed E-state index contributed by atoms with van der Waals surface area (Å²) < 4.78 is 0. The molecule has 1 heterocycles. The highest BCUT2D eigenvalue weighted by molar-refractivity contribution is 5.97. The summed E-state index contributed by atoms with van der Waals surface area (Å²) in [5.74, 6) is 0.216. The van der Waals surface area contributed by atoms with Gasteiger partial charge in [-0.3, -0.25) is 9.78 Å². The van der Waals surface area contributed by atoms with E-state index in [0.717, 1.165) is 16.8 Å². The fraction of sp³-hybridized carbons (Fsp3) is 0.200. The maximum Gasteiger partial charge on any atom is 0.165 e. The summed E-state index contributed by atoms with van der Waals surface area (Å²) in [5, 5.41) is 0. The molecule has 0 N–H and O–H groups in total. The molecule has 0 bridgehead atoms. The van der Waals surface area contributed by atoms with Gasteiger partial charge >= 0.3 is 0 Å². The van der Waals surface area contributed by atoms with Crippen LogP contribution in [0.25, 0.3) is 11.3 Å². The highest BCUT2D eigenvalue weighted by Crippen LogP contribution is 2.18. The third-order valence-electron chi connectivity index (χ3n) is 2.65. The van der Waals surface area contributed by atoms with Crippen LogP contribution in [0.15, 0.2) is 48.7 Å². The molecule has 0 aliphatic heterocycles. The second kappa shape index (κ2) is 4.91. The lowest BCUT2D eigenvalue weighted by Crippen LogP contribution is -2.06. The van der Waals surface area contributed by atoms with E-state index < -0.39 is 0 Å². The first-order valence-electron chi connectivity index (χ1n) is 5.74. The van der Waals surface area contributed by atoms with Gasteiger partial charge in [0, 0.05) is 23.2 Å². The van der Waals surface area contributed by atoms with Crippen molar-refractivity contribution >= 4 is 5.78 Å². The molecule has 0 atom stereocenters. The zero-order valence-electron chi connectivity index (χ0n) is 10.1. The first kappa shape index (κ1) is 11.5. The van der Waals surface area contributed by atoms with E-state index in [1.165, 1.54) is 0 Å². The number of hydrogen-bond donors (Lipinski definition) is 0. The smallest absolute Gasteiger partial charge is 0.165 e. The van der Waals surface area contributed by atoms with Crippen LogP contribution in [0.5, 0.6) is 0 Å². The molecule has 2 aromatic rings. The Hall–Kier alpha value is -1.96. The standard InChI is InChI=1S/C15H15NO/c1-11(2)15(17)13-8-6-12(7-9-13)14-5-3-4-10-16-14/h3-11H,1-2H3. The lowest BCUT2D eigenvalue weighted by Gasteiger charge is -2.05. The summed E-state index contributed by atoms with van der Waals surface area (Å²) in [6.07, 6.45) is 1.77. The Bertz CT molecular complexity index is 500. The average molecular weight is 225 g/mol. The summed E-state index contributed by atoms with van der Waals surface area (Å²) in [5.41, 5.74) is 2.72. The Kier molecular flexibility index (Phi) is 3.33. The Morgan fingerprint density at radius 3 is 2.29 bits per heavy atom. The molecule has 0 aliphatic rings. The molecular formula is C15H15NO. The van der Waals surface area contributed by atoms with E-state index in [1.807, 2.05) is 56.3 Å². The van der Waals surface area contributed by atoms with Crippen LogP contribution < -0.4 is 0 Å². The van der Waals surface area contributed by atoms with E-state index in [2.05, 4.69) is 4.98 Å². The van der Waals surface area contributed by atoms with Crippen LogP contribution in [0, 0.1) is 5.92 Å². The first-order valence-corrected chi connectivity index (χ1v) is 5.74. The molecule has 2 rings (SSSR count). The van der Waals surface area contributed by atoms with E-state index in [1.54, 1.807) is 6.20 Å². The molecule has 17 heavy (non-hydrogen) atoms. The molecule has 0 amide bonds. The molecule has 86 valence electrons. The molecule has 1 aromatic carbocycles. The van der Waals surface area contributed by atoms with Crippen LogP contribution in [0.1, 0.15) is 24.2 Å². The minimum Gasteiger partial charge on any atom is -0.294 e. The molecular weight excluding hydrogens is 210 g/mol. The number of pyridine rings is 1. The Morgan fingerprint density at radius 1 is 1.06 bits per heavy atom. The maximum absolute atomic E-state index is 11.8. The molecule has 0 radical (unpaired) electrons. The topological polar surface area (TPSA) is 30.0 Å². The van der Waals surface area contributed by atoms with Gasteiger partial charge in [-0.05, 0) is 12.1 Å². The number of hydrogen-bond acceptors (Lipinski definition) is 2. The summed E-state index contributed by atoms with van der Waals surface area (Å²) >= 11 is 0. The number of carbonyl (C=O) groups is 1. The van der Waals surface area contributed by atoms with Crippen molar-refractivity contribution in [3.63, 3.8) is 0 Å². The second-order valence-electron chi connectivity index (χ2n) is 4.31. The van der Waals surface area contributed by atoms with Crippen LogP contribution >= 0.6 is 0 Å². The van der Waals surface area contributed by atoms with Crippen molar-refractivity contribution in [2.75, 3.05) is 0 Å². The lowest BCUT2D eigenvalue weighted by atomic mass is 9.99. The second-order valence-corrected chi connectivity index (χ2v) is 4.31. The van der Waals surface area contributed by atoms with Crippen LogP contribution in [-0.2, 0) is 0 Å². The summed E-state index contributed by atoms with van der Waals surface area (Å²) in [6, 6.07) is 13.4. The van der Waals surface area contributed by atoms with Crippen LogP contribution in [0.4, 0.5) is 0 Å². The summed E-state index contributed by atoms with van der Waals surface area (Å²) in [4.78, 5) is 16.1. The molecule has 0 aliphatic carbocycles. The van der Waals surface area contributed by atoms with Gasteiger partial charge in [0.1, 0.15) is 0 Å². The zero-order chi connectivity index (χ0) is 12.3. The van der Waals surface area contributed by atoms with E-state index in [9.17, 15) is 4.79 Å². The van der Waals surface area contributed by atoms with Crippen LogP contribution in [-0.4, -0.2) is 10.8 Å². The number of ketones is 1. The Morgan fingerprint density at radius 2 is 1.76 bits per heavy atom. The van der Waals surface area contributed by atoms with Gasteiger partial charge in [-0.1, -0.05) is 44.2 Å². The average Bonchev–Trinajstić information content (AvgIpc) is 2.39. The number of nitrogens with zero attached hydrogens (tertiary/aromatic N) is 1. The molecule has 0 fully saturated rings. The van der Waals surface area contributed by atoms with Gasteiger partial charge in [-0.2, -0.15) is 0 Å². The number of aromatic nitrogens is 1. The van der Waals surface area contributed by atoms with Gasteiger partial charge in [0.05, 0.1) is 5.69 Å². The minimum atomic E-state index is 0.0377. The third-order valence-corrected chi connectivity index (χ3v) is 2.65. The lowest BCUT2D eigenvalue weighted by molar-refractivity contribution is 0.0939. The summed E-state index contributed by atoms with van der Waals surface area (Å²) in [6.45, 7) is 3.82. The van der Waals surface area contributed by atoms with Crippen LogP contribution in [0.3, 0.4) is 0 Å². The largest absolute Gasteiger partial charge is 0.294 e. The molecule has 0 spiro atoms. The fourth-order valence-electron chi connectivity index (χ4n) is 1.67. The molecule has 1 aromatic heterocycles. The van der Waals surface area contributed by atoms with Gasteiger partial charge in [0.25, 0.3) is 0 Å². The van der Waals surface area contributed by atoms with Crippen molar-refractivity contribution in [1.29, 1.82) is 0 Å². The van der Waals surface area contributed by atoms with Crippen molar-refractivity contribution in [1.82, 2.24) is 4.98 Å². The quantitative estimate of drug-likeness (QED) is 0.747. The van der Waals surface area contributed by atoms with Gasteiger partial charge in [-0.25, -0.2) is 0 Å². The fourth-order valence-corrected chi connectivity index (χ4v) is 1.67. The predicted octanol–water partition coefficient (Wildman–Crippen LogP) is 3.59. The van der Waals surface area contributed by atoms with E-state index >= 15 is 0 Å². The van der Waals surface area contributed by atoms with E-state index in [-0.39, 0.29) is 11.7 Å². The minimum absolute atomic E-state index is 0.0377. The third kappa shape index (κ3) is 2.59. The van der Waals surface area contributed by atoms with Gasteiger partial charge in [-0.15, -0.1) is 0 Å². The molecule has 0 saturated carbocycles. The highest BCUT2D eigenvalue weighted by Gasteiger charge is 2.10. The normalized spacial score (nSPS) is 10.5. The SMILES string of the molecule is CC(C)C(=O)c1ccc(-c2ccccn2)cc1. The van der Waals surface area contributed by atoms with Gasteiger partial charge in [0.2, 0.25) is 0 Å². The zero-order valence-corrected chi connectivity index (χ0v) is 10.1. The monoisotopic (exact) mass is 225 g/mol. The Labute approximate surface area is 101 Å². The maximum atomic E-state index is 11.8. The van der Waals surface area contributed by atoms with Crippen molar-refractivity contribution in [2.45, 2.75) is 13.8 Å². The number of benzene rings is 1. The molecule has 2 heteroatoms. The van der Waals surface area contributed by atoms with Crippen LogP contribution in [0.2, 0.25) is 0 Å². The van der Waals surface area contributed by atoms with Crippen molar-refractivity contribution in [3.05, 3.63) is 54.2 Å². The molecule has 0 unspecified atom stereocenters. The molecule has 2 nitrogen and oxygen atoms in total. The van der Waals surface area contributed by atoms with Crippen molar-refractivity contribution in [2.24, 2.45) is 5.92 Å². The molecule has 0 saturated heterocycles. The van der Waals surface area contributed by atoms with E-state index in [4.69, 9.17) is 0 Å². The highest BCUT2D eigenvalue weighted by atomic mass is 16.1. The van der Waals surface area contributed by atoms with Crippen molar-refractivity contribution in [3.8, 4) is 11.3 Å². The van der Waals surface area contributed by atoms with Gasteiger partial charge in [0.15, 0.2) is 5.78 Å².